The number of aliphatic hydroxyl groups excluding tert-OH is 1. The summed E-state index contributed by atoms with van der Waals surface area (Å²) in [5.74, 6) is 0.854. The van der Waals surface area contributed by atoms with Crippen molar-refractivity contribution in [3.05, 3.63) is 12.2 Å². The number of unbranched alkanes of at least 4 members (excludes halogenated alkanes) is 3. The summed E-state index contributed by atoms with van der Waals surface area (Å²) in [7, 11) is 1.90. The van der Waals surface area contributed by atoms with Crippen molar-refractivity contribution in [3.8, 4) is 0 Å². The lowest BCUT2D eigenvalue weighted by Crippen LogP contribution is -2.30. The average Bonchev–Trinajstić information content (AvgIpc) is 2.79. The van der Waals surface area contributed by atoms with Gasteiger partial charge in [0.2, 0.25) is 0 Å². The highest BCUT2D eigenvalue weighted by Gasteiger charge is 2.05. The van der Waals surface area contributed by atoms with Crippen LogP contribution in [-0.4, -0.2) is 45.7 Å². The normalized spacial score (nSPS) is 12.8. The molecule has 0 aliphatic carbocycles. The molecule has 0 saturated carbocycles. The first kappa shape index (κ1) is 16.1. The van der Waals surface area contributed by atoms with Crippen molar-refractivity contribution in [1.82, 2.24) is 20.1 Å². The Morgan fingerprint density at radius 1 is 1.42 bits per heavy atom. The molecule has 0 spiro atoms. The van der Waals surface area contributed by atoms with Gasteiger partial charge in [-0.05, 0) is 6.42 Å². The van der Waals surface area contributed by atoms with E-state index in [2.05, 4.69) is 22.4 Å². The van der Waals surface area contributed by atoms with Crippen LogP contribution < -0.4 is 5.32 Å². The molecule has 2 N–H and O–H groups in total. The third-order valence-corrected chi connectivity index (χ3v) is 2.92. The predicted octanol–water partition coefficient (Wildman–Crippen LogP) is 0.862. The first-order valence-corrected chi connectivity index (χ1v) is 7.03. The molecule has 1 aromatic heterocycles. The third kappa shape index (κ3) is 7.25. The van der Waals surface area contributed by atoms with Crippen molar-refractivity contribution in [2.45, 2.75) is 45.3 Å². The Morgan fingerprint density at radius 2 is 2.26 bits per heavy atom. The second-order valence-corrected chi connectivity index (χ2v) is 4.78. The van der Waals surface area contributed by atoms with Crippen LogP contribution in [0.25, 0.3) is 0 Å². The first-order valence-electron chi connectivity index (χ1n) is 7.03. The zero-order valence-electron chi connectivity index (χ0n) is 12.0. The van der Waals surface area contributed by atoms with Crippen LogP contribution in [0.5, 0.6) is 0 Å². The fourth-order valence-electron chi connectivity index (χ4n) is 1.73. The second-order valence-electron chi connectivity index (χ2n) is 4.78. The molecule has 0 aliphatic rings. The fourth-order valence-corrected chi connectivity index (χ4v) is 1.73. The van der Waals surface area contributed by atoms with Crippen molar-refractivity contribution < 1.29 is 9.84 Å². The lowest BCUT2D eigenvalue weighted by molar-refractivity contribution is 0.0352. The molecule has 19 heavy (non-hydrogen) atoms. The average molecular weight is 270 g/mol. The minimum atomic E-state index is -0.473. The molecule has 1 aromatic rings. The number of hydrogen-bond donors (Lipinski definition) is 2. The van der Waals surface area contributed by atoms with E-state index in [1.165, 1.54) is 19.3 Å². The Hall–Kier alpha value is -0.980. The van der Waals surface area contributed by atoms with E-state index in [4.69, 9.17) is 4.74 Å². The predicted molar refractivity (Wildman–Crippen MR) is 73.7 cm³/mol. The molecule has 6 nitrogen and oxygen atoms in total. The Morgan fingerprint density at radius 3 is 2.95 bits per heavy atom. The Kier molecular flexibility index (Phi) is 8.36. The summed E-state index contributed by atoms with van der Waals surface area (Å²) in [5.41, 5.74) is 0. The van der Waals surface area contributed by atoms with E-state index >= 15 is 0 Å². The molecule has 0 amide bonds. The molecule has 0 saturated heterocycles. The zero-order valence-corrected chi connectivity index (χ0v) is 12.0. The van der Waals surface area contributed by atoms with Crippen LogP contribution in [0.1, 0.15) is 38.4 Å². The Balaban J connectivity index is 1.96. The molecule has 0 aliphatic heterocycles. The number of aliphatic hydroxyl groups is 1. The quantitative estimate of drug-likeness (QED) is 0.584. The van der Waals surface area contributed by atoms with E-state index in [1.54, 1.807) is 6.33 Å². The van der Waals surface area contributed by atoms with Gasteiger partial charge in [0.15, 0.2) is 0 Å². The van der Waals surface area contributed by atoms with Gasteiger partial charge >= 0.3 is 0 Å². The van der Waals surface area contributed by atoms with Crippen molar-refractivity contribution >= 4 is 0 Å². The highest BCUT2D eigenvalue weighted by Crippen LogP contribution is 1.99. The lowest BCUT2D eigenvalue weighted by Gasteiger charge is -2.12. The van der Waals surface area contributed by atoms with Crippen LogP contribution in [-0.2, 0) is 18.3 Å². The van der Waals surface area contributed by atoms with Gasteiger partial charge in [0.05, 0.1) is 19.3 Å². The van der Waals surface area contributed by atoms with E-state index < -0.39 is 6.10 Å². The standard InChI is InChI=1S/C13H26N4O2/c1-3-4-5-6-7-19-10-12(18)8-14-9-13-16-15-11-17(13)2/h11-12,14,18H,3-10H2,1-2H3. The number of nitrogens with one attached hydrogen (secondary N) is 1. The molecule has 1 atom stereocenters. The number of ether oxygens (including phenoxy) is 1. The first-order chi connectivity index (χ1) is 9.24. The molecule has 1 unspecified atom stereocenters. The van der Waals surface area contributed by atoms with Gasteiger partial charge in [-0.25, -0.2) is 0 Å². The molecule has 1 rings (SSSR count). The smallest absolute Gasteiger partial charge is 0.146 e. The Labute approximate surface area is 115 Å². The van der Waals surface area contributed by atoms with Gasteiger partial charge in [0, 0.05) is 20.2 Å². The molecule has 110 valence electrons. The fraction of sp³-hybridized carbons (Fsp3) is 0.846. The molecular formula is C13H26N4O2. The van der Waals surface area contributed by atoms with E-state index in [9.17, 15) is 5.11 Å². The lowest BCUT2D eigenvalue weighted by atomic mass is 10.2. The molecule has 0 aromatic carbocycles. The summed E-state index contributed by atoms with van der Waals surface area (Å²) in [6, 6.07) is 0. The van der Waals surface area contributed by atoms with E-state index in [0.29, 0.717) is 19.7 Å². The summed E-state index contributed by atoms with van der Waals surface area (Å²) in [5, 5.41) is 20.6. The highest BCUT2D eigenvalue weighted by molar-refractivity contribution is 4.83. The van der Waals surface area contributed by atoms with Crippen LogP contribution in [0.2, 0.25) is 0 Å². The second kappa shape index (κ2) is 9.89. The van der Waals surface area contributed by atoms with Gasteiger partial charge < -0.3 is 19.7 Å². The molecule has 0 bridgehead atoms. The van der Waals surface area contributed by atoms with E-state index in [0.717, 1.165) is 18.9 Å². The maximum absolute atomic E-state index is 9.72. The molecular weight excluding hydrogens is 244 g/mol. The summed E-state index contributed by atoms with van der Waals surface area (Å²) >= 11 is 0. The van der Waals surface area contributed by atoms with Crippen molar-refractivity contribution in [1.29, 1.82) is 0 Å². The van der Waals surface area contributed by atoms with Crippen LogP contribution >= 0.6 is 0 Å². The molecule has 0 radical (unpaired) electrons. The zero-order chi connectivity index (χ0) is 13.9. The molecule has 0 fully saturated rings. The third-order valence-electron chi connectivity index (χ3n) is 2.92. The van der Waals surface area contributed by atoms with Gasteiger partial charge in [-0.1, -0.05) is 26.2 Å². The number of rotatable bonds is 11. The number of aryl methyl sites for hydroxylation is 1. The van der Waals surface area contributed by atoms with Crippen LogP contribution in [0.4, 0.5) is 0 Å². The molecule has 1 heterocycles. The number of nitrogens with zero attached hydrogens (tertiary/aromatic N) is 3. The van der Waals surface area contributed by atoms with Crippen LogP contribution in [0.15, 0.2) is 6.33 Å². The van der Waals surface area contributed by atoms with E-state index in [1.807, 2.05) is 11.6 Å². The van der Waals surface area contributed by atoms with Crippen LogP contribution in [0, 0.1) is 0 Å². The van der Waals surface area contributed by atoms with Gasteiger partial charge in [0.1, 0.15) is 12.2 Å². The maximum atomic E-state index is 9.72. The Bertz CT molecular complexity index is 330. The van der Waals surface area contributed by atoms with Crippen LogP contribution in [0.3, 0.4) is 0 Å². The van der Waals surface area contributed by atoms with Gasteiger partial charge in [-0.2, -0.15) is 0 Å². The van der Waals surface area contributed by atoms with Gasteiger partial charge in [0.25, 0.3) is 0 Å². The van der Waals surface area contributed by atoms with Gasteiger partial charge in [-0.15, -0.1) is 10.2 Å². The summed E-state index contributed by atoms with van der Waals surface area (Å²) in [4.78, 5) is 0. The SMILES string of the molecule is CCCCCCOCC(O)CNCc1nncn1C. The van der Waals surface area contributed by atoms with Crippen molar-refractivity contribution in [2.24, 2.45) is 7.05 Å². The summed E-state index contributed by atoms with van der Waals surface area (Å²) < 4.78 is 7.28. The minimum absolute atomic E-state index is 0.387. The largest absolute Gasteiger partial charge is 0.389 e. The molecule has 6 heteroatoms. The van der Waals surface area contributed by atoms with E-state index in [-0.39, 0.29) is 0 Å². The van der Waals surface area contributed by atoms with Crippen molar-refractivity contribution in [3.63, 3.8) is 0 Å². The van der Waals surface area contributed by atoms with Crippen molar-refractivity contribution in [2.75, 3.05) is 19.8 Å². The number of aromatic nitrogens is 3. The summed E-state index contributed by atoms with van der Waals surface area (Å²) in [6.45, 7) is 4.41. The minimum Gasteiger partial charge on any atom is -0.389 e. The van der Waals surface area contributed by atoms with Gasteiger partial charge in [-0.3, -0.25) is 0 Å². The monoisotopic (exact) mass is 270 g/mol. The highest BCUT2D eigenvalue weighted by atomic mass is 16.5. The maximum Gasteiger partial charge on any atom is 0.146 e. The number of hydrogen-bond acceptors (Lipinski definition) is 5. The topological polar surface area (TPSA) is 72.2 Å². The summed E-state index contributed by atoms with van der Waals surface area (Å²) in [6.07, 6.45) is 5.95.